The summed E-state index contributed by atoms with van der Waals surface area (Å²) in [7, 11) is 0. The molecule has 8 heteroatoms. The van der Waals surface area contributed by atoms with Crippen molar-refractivity contribution < 1.29 is 14.0 Å². The van der Waals surface area contributed by atoms with E-state index in [4.69, 9.17) is 4.42 Å². The second kappa shape index (κ2) is 8.41. The Morgan fingerprint density at radius 3 is 2.52 bits per heavy atom. The van der Waals surface area contributed by atoms with Crippen LogP contribution in [-0.4, -0.2) is 36.6 Å². The van der Waals surface area contributed by atoms with Crippen molar-refractivity contribution in [2.75, 3.05) is 0 Å². The van der Waals surface area contributed by atoms with Crippen molar-refractivity contribution in [2.45, 2.75) is 58.5 Å². The van der Waals surface area contributed by atoms with Crippen LogP contribution in [0.2, 0.25) is 0 Å². The number of carbonyl (C=O) groups excluding carboxylic acids is 2. The largest absolute Gasteiger partial charge is 0.461 e. The molecule has 3 heterocycles. The van der Waals surface area contributed by atoms with Gasteiger partial charge in [-0.15, -0.1) is 10.2 Å². The second-order valence-corrected chi connectivity index (χ2v) is 8.90. The Bertz CT molecular complexity index is 1030. The zero-order chi connectivity index (χ0) is 21.3. The van der Waals surface area contributed by atoms with Crippen molar-refractivity contribution in [3.63, 3.8) is 0 Å². The molecule has 0 aliphatic heterocycles. The zero-order valence-electron chi connectivity index (χ0n) is 17.6. The van der Waals surface area contributed by atoms with E-state index in [1.165, 1.54) is 18.7 Å². The van der Waals surface area contributed by atoms with Crippen molar-refractivity contribution in [3.8, 4) is 11.6 Å². The first kappa shape index (κ1) is 21.1. The van der Waals surface area contributed by atoms with Gasteiger partial charge in [-0.1, -0.05) is 25.6 Å². The van der Waals surface area contributed by atoms with E-state index >= 15 is 0 Å². The molecular weight excluding hydrogens is 388 g/mol. The molecule has 0 aromatic carbocycles. The number of aromatic nitrogens is 4. The molecule has 7 nitrogen and oxygen atoms in total. The third-order valence-electron chi connectivity index (χ3n) is 4.69. The van der Waals surface area contributed by atoms with Crippen LogP contribution in [0.5, 0.6) is 0 Å². The van der Waals surface area contributed by atoms with Crippen molar-refractivity contribution in [3.05, 3.63) is 40.9 Å². The highest BCUT2D eigenvalue weighted by Crippen LogP contribution is 2.30. The van der Waals surface area contributed by atoms with E-state index in [-0.39, 0.29) is 11.6 Å². The van der Waals surface area contributed by atoms with Gasteiger partial charge in [0, 0.05) is 17.8 Å². The lowest BCUT2D eigenvalue weighted by Gasteiger charge is -2.14. The molecule has 0 amide bonds. The number of hydrogen-bond donors (Lipinski definition) is 1. The summed E-state index contributed by atoms with van der Waals surface area (Å²) in [4.78, 5) is 28.1. The summed E-state index contributed by atoms with van der Waals surface area (Å²) in [5, 5.41) is 8.87. The second-order valence-electron chi connectivity index (χ2n) is 7.59. The number of thioether (sulfide) groups is 1. The van der Waals surface area contributed by atoms with Gasteiger partial charge in [0.2, 0.25) is 0 Å². The quantitative estimate of drug-likeness (QED) is 0.424. The third-order valence-corrected chi connectivity index (χ3v) is 5.77. The minimum atomic E-state index is -0.397. The number of carbonyl (C=O) groups is 2. The van der Waals surface area contributed by atoms with Crippen LogP contribution in [0.4, 0.5) is 0 Å². The SMILES string of the molecule is CC(=O)c1c(C)[nH]c(C(=O)C(C)Sc2nnc(-c3ccco3)n2CC(C)C)c1C. The molecule has 1 N–H and O–H groups in total. The fourth-order valence-corrected chi connectivity index (χ4v) is 4.35. The number of hydrogen-bond acceptors (Lipinski definition) is 6. The van der Waals surface area contributed by atoms with Gasteiger partial charge in [-0.05, 0) is 51.3 Å². The first-order chi connectivity index (χ1) is 13.7. The van der Waals surface area contributed by atoms with E-state index in [0.29, 0.717) is 46.0 Å². The smallest absolute Gasteiger partial charge is 0.200 e. The Kier molecular flexibility index (Phi) is 6.12. The maximum atomic E-state index is 13.1. The minimum absolute atomic E-state index is 0.0460. The molecule has 0 spiro atoms. The topological polar surface area (TPSA) is 93.8 Å². The Morgan fingerprint density at radius 1 is 1.24 bits per heavy atom. The summed E-state index contributed by atoms with van der Waals surface area (Å²) < 4.78 is 7.49. The number of ketones is 2. The highest BCUT2D eigenvalue weighted by molar-refractivity contribution is 8.00. The average Bonchev–Trinajstić information content (AvgIpc) is 3.34. The Morgan fingerprint density at radius 2 is 1.97 bits per heavy atom. The predicted octanol–water partition coefficient (Wildman–Crippen LogP) is 4.71. The molecule has 0 bridgehead atoms. The number of nitrogens with zero attached hydrogens (tertiary/aromatic N) is 3. The van der Waals surface area contributed by atoms with Crippen LogP contribution < -0.4 is 0 Å². The first-order valence-electron chi connectivity index (χ1n) is 9.58. The highest BCUT2D eigenvalue weighted by atomic mass is 32.2. The van der Waals surface area contributed by atoms with Crippen LogP contribution >= 0.6 is 11.8 Å². The summed E-state index contributed by atoms with van der Waals surface area (Å²) in [6.07, 6.45) is 1.60. The van der Waals surface area contributed by atoms with E-state index in [0.717, 1.165) is 5.69 Å². The molecule has 3 aromatic heterocycles. The molecule has 0 aliphatic rings. The number of Topliss-reactive ketones (excluding diaryl/α,β-unsaturated/α-hetero) is 2. The fraction of sp³-hybridized carbons (Fsp3) is 0.429. The third kappa shape index (κ3) is 4.22. The fourth-order valence-electron chi connectivity index (χ4n) is 3.43. The summed E-state index contributed by atoms with van der Waals surface area (Å²) in [6.45, 7) is 11.9. The number of H-pyrrole nitrogens is 1. The van der Waals surface area contributed by atoms with Gasteiger partial charge < -0.3 is 9.40 Å². The van der Waals surface area contributed by atoms with Gasteiger partial charge >= 0.3 is 0 Å². The molecule has 3 rings (SSSR count). The molecule has 0 fully saturated rings. The highest BCUT2D eigenvalue weighted by Gasteiger charge is 2.27. The van der Waals surface area contributed by atoms with Crippen LogP contribution in [0, 0.1) is 19.8 Å². The van der Waals surface area contributed by atoms with Gasteiger partial charge in [0.15, 0.2) is 28.3 Å². The Hall–Kier alpha value is -2.61. The number of aryl methyl sites for hydroxylation is 1. The van der Waals surface area contributed by atoms with E-state index in [2.05, 4.69) is 29.0 Å². The average molecular weight is 415 g/mol. The van der Waals surface area contributed by atoms with Gasteiger partial charge in [-0.25, -0.2) is 0 Å². The molecule has 1 atom stereocenters. The molecule has 0 saturated heterocycles. The van der Waals surface area contributed by atoms with Crippen molar-refractivity contribution in [1.82, 2.24) is 19.7 Å². The molecule has 3 aromatic rings. The van der Waals surface area contributed by atoms with Crippen LogP contribution in [0.25, 0.3) is 11.6 Å². The molecular formula is C21H26N4O3S. The number of furan rings is 1. The van der Waals surface area contributed by atoms with E-state index in [1.54, 1.807) is 13.2 Å². The van der Waals surface area contributed by atoms with Gasteiger partial charge in [-0.3, -0.25) is 14.2 Å². The number of rotatable bonds is 8. The maximum Gasteiger partial charge on any atom is 0.200 e. The summed E-state index contributed by atoms with van der Waals surface area (Å²) in [5.41, 5.74) is 2.49. The normalized spacial score (nSPS) is 12.5. The summed E-state index contributed by atoms with van der Waals surface area (Å²) in [5.74, 6) is 1.55. The Balaban J connectivity index is 1.89. The van der Waals surface area contributed by atoms with Crippen LogP contribution in [0.3, 0.4) is 0 Å². The van der Waals surface area contributed by atoms with Gasteiger partial charge in [0.1, 0.15) is 0 Å². The van der Waals surface area contributed by atoms with E-state index < -0.39 is 5.25 Å². The van der Waals surface area contributed by atoms with Crippen molar-refractivity contribution in [1.29, 1.82) is 0 Å². The van der Waals surface area contributed by atoms with Crippen LogP contribution in [-0.2, 0) is 6.54 Å². The lowest BCUT2D eigenvalue weighted by Crippen LogP contribution is -2.17. The zero-order valence-corrected chi connectivity index (χ0v) is 18.4. The van der Waals surface area contributed by atoms with E-state index in [1.807, 2.05) is 30.5 Å². The first-order valence-corrected chi connectivity index (χ1v) is 10.5. The van der Waals surface area contributed by atoms with Crippen LogP contribution in [0.1, 0.15) is 59.8 Å². The van der Waals surface area contributed by atoms with Crippen molar-refractivity contribution in [2.24, 2.45) is 5.92 Å². The molecule has 0 radical (unpaired) electrons. The lowest BCUT2D eigenvalue weighted by atomic mass is 10.0. The summed E-state index contributed by atoms with van der Waals surface area (Å²) >= 11 is 1.36. The summed E-state index contributed by atoms with van der Waals surface area (Å²) in [6, 6.07) is 3.66. The minimum Gasteiger partial charge on any atom is -0.461 e. The molecule has 0 saturated carbocycles. The molecule has 1 unspecified atom stereocenters. The molecule has 29 heavy (non-hydrogen) atoms. The standard InChI is InChI=1S/C21H26N4O3S/c1-11(2)10-25-20(16-8-7-9-28-16)23-24-21(25)29-15(6)19(27)18-12(3)17(14(5)26)13(4)22-18/h7-9,11,15,22H,10H2,1-6H3. The van der Waals surface area contributed by atoms with E-state index in [9.17, 15) is 9.59 Å². The Labute approximate surface area is 174 Å². The van der Waals surface area contributed by atoms with Crippen LogP contribution in [0.15, 0.2) is 28.0 Å². The van der Waals surface area contributed by atoms with Gasteiger partial charge in [0.05, 0.1) is 17.2 Å². The number of aromatic amines is 1. The maximum absolute atomic E-state index is 13.1. The van der Waals surface area contributed by atoms with Gasteiger partial charge in [0.25, 0.3) is 0 Å². The molecule has 154 valence electrons. The predicted molar refractivity (Wildman–Crippen MR) is 112 cm³/mol. The number of nitrogens with one attached hydrogen (secondary N) is 1. The van der Waals surface area contributed by atoms with Crippen molar-refractivity contribution >= 4 is 23.3 Å². The van der Waals surface area contributed by atoms with Gasteiger partial charge in [-0.2, -0.15) is 0 Å². The molecule has 0 aliphatic carbocycles. The lowest BCUT2D eigenvalue weighted by molar-refractivity contribution is 0.0988. The monoisotopic (exact) mass is 414 g/mol.